The van der Waals surface area contributed by atoms with E-state index in [1.54, 1.807) is 7.05 Å². The van der Waals surface area contributed by atoms with Crippen LogP contribution in [0.3, 0.4) is 0 Å². The van der Waals surface area contributed by atoms with Crippen LogP contribution in [0.1, 0.15) is 13.8 Å². The van der Waals surface area contributed by atoms with Crippen LogP contribution < -0.4 is 5.32 Å². The van der Waals surface area contributed by atoms with Crippen molar-refractivity contribution in [2.45, 2.75) is 19.9 Å². The van der Waals surface area contributed by atoms with Gasteiger partial charge in [-0.25, -0.2) is 8.78 Å². The molecule has 0 aromatic heterocycles. The molecule has 5 heteroatoms. The van der Waals surface area contributed by atoms with Gasteiger partial charge in [-0.15, -0.1) is 0 Å². The van der Waals surface area contributed by atoms with E-state index in [0.29, 0.717) is 0 Å². The quantitative estimate of drug-likeness (QED) is 0.878. The Morgan fingerprint density at radius 3 is 2.65 bits per heavy atom. The maximum Gasteiger partial charge on any atom is 0.241 e. The van der Waals surface area contributed by atoms with Crippen LogP contribution in [0.5, 0.6) is 0 Å². The van der Waals surface area contributed by atoms with E-state index in [1.165, 1.54) is 17.0 Å². The van der Waals surface area contributed by atoms with E-state index in [1.807, 2.05) is 13.8 Å². The minimum absolute atomic E-state index is 0.00416. The van der Waals surface area contributed by atoms with E-state index < -0.39 is 11.6 Å². The SMILES string of the molecule is CC(C)N(C)C(=O)CNc1cccc(F)c1F. The van der Waals surface area contributed by atoms with E-state index in [-0.39, 0.29) is 24.2 Å². The number of carbonyl (C=O) groups excluding carboxylic acids is 1. The van der Waals surface area contributed by atoms with Gasteiger partial charge in [-0.3, -0.25) is 4.79 Å². The molecular weight excluding hydrogens is 226 g/mol. The van der Waals surface area contributed by atoms with E-state index in [9.17, 15) is 13.6 Å². The molecule has 0 saturated carbocycles. The van der Waals surface area contributed by atoms with Crippen molar-refractivity contribution >= 4 is 11.6 Å². The lowest BCUT2D eigenvalue weighted by molar-refractivity contribution is -0.129. The molecule has 1 rings (SSSR count). The molecule has 1 aromatic carbocycles. The molecule has 0 aliphatic carbocycles. The predicted molar refractivity (Wildman–Crippen MR) is 62.8 cm³/mol. The molecule has 0 aliphatic heterocycles. The van der Waals surface area contributed by atoms with E-state index in [2.05, 4.69) is 5.32 Å². The van der Waals surface area contributed by atoms with Crippen LogP contribution in [-0.2, 0) is 4.79 Å². The molecule has 0 unspecified atom stereocenters. The Labute approximate surface area is 99.4 Å². The van der Waals surface area contributed by atoms with Crippen molar-refractivity contribution in [3.8, 4) is 0 Å². The predicted octanol–water partition coefficient (Wildman–Crippen LogP) is 2.24. The topological polar surface area (TPSA) is 32.3 Å². The molecule has 0 atom stereocenters. The molecule has 0 radical (unpaired) electrons. The molecule has 1 amide bonds. The van der Waals surface area contributed by atoms with Crippen LogP contribution in [0.15, 0.2) is 18.2 Å². The van der Waals surface area contributed by atoms with Crippen molar-refractivity contribution in [1.82, 2.24) is 4.90 Å². The summed E-state index contributed by atoms with van der Waals surface area (Å²) >= 11 is 0. The summed E-state index contributed by atoms with van der Waals surface area (Å²) in [5.41, 5.74) is -0.00416. The van der Waals surface area contributed by atoms with Gasteiger partial charge >= 0.3 is 0 Å². The Morgan fingerprint density at radius 1 is 1.41 bits per heavy atom. The number of anilines is 1. The molecule has 0 bridgehead atoms. The molecule has 94 valence electrons. The zero-order valence-electron chi connectivity index (χ0n) is 10.1. The summed E-state index contributed by atoms with van der Waals surface area (Å²) in [6.07, 6.45) is 0. The van der Waals surface area contributed by atoms with Crippen LogP contribution in [0.25, 0.3) is 0 Å². The second-order valence-corrected chi connectivity index (χ2v) is 4.05. The Bertz CT molecular complexity index is 407. The number of benzene rings is 1. The number of hydrogen-bond acceptors (Lipinski definition) is 2. The fourth-order valence-electron chi connectivity index (χ4n) is 1.22. The van der Waals surface area contributed by atoms with Crippen LogP contribution in [0.2, 0.25) is 0 Å². The van der Waals surface area contributed by atoms with E-state index in [4.69, 9.17) is 0 Å². The molecule has 3 nitrogen and oxygen atoms in total. The summed E-state index contributed by atoms with van der Waals surface area (Å²) in [5, 5.41) is 2.58. The fraction of sp³-hybridized carbons (Fsp3) is 0.417. The lowest BCUT2D eigenvalue weighted by atomic mass is 10.3. The van der Waals surface area contributed by atoms with Crippen molar-refractivity contribution in [2.24, 2.45) is 0 Å². The Kier molecular flexibility index (Phi) is 4.43. The summed E-state index contributed by atoms with van der Waals surface area (Å²) in [7, 11) is 1.66. The Balaban J connectivity index is 2.62. The molecule has 0 heterocycles. The monoisotopic (exact) mass is 242 g/mol. The zero-order valence-corrected chi connectivity index (χ0v) is 10.1. The van der Waals surface area contributed by atoms with Gasteiger partial charge in [0.15, 0.2) is 11.6 Å². The lowest BCUT2D eigenvalue weighted by Gasteiger charge is -2.21. The van der Waals surface area contributed by atoms with Gasteiger partial charge in [-0.05, 0) is 26.0 Å². The molecule has 0 spiro atoms. The number of nitrogens with zero attached hydrogens (tertiary/aromatic N) is 1. The number of rotatable bonds is 4. The number of carbonyl (C=O) groups is 1. The van der Waals surface area contributed by atoms with Gasteiger partial charge < -0.3 is 10.2 Å². The second-order valence-electron chi connectivity index (χ2n) is 4.05. The van der Waals surface area contributed by atoms with Gasteiger partial charge in [-0.2, -0.15) is 0 Å². The van der Waals surface area contributed by atoms with Gasteiger partial charge in [0.05, 0.1) is 12.2 Å². The molecule has 0 fully saturated rings. The number of nitrogens with one attached hydrogen (secondary N) is 1. The van der Waals surface area contributed by atoms with Gasteiger partial charge in [0.1, 0.15) is 0 Å². The highest BCUT2D eigenvalue weighted by Gasteiger charge is 2.13. The largest absolute Gasteiger partial charge is 0.374 e. The van der Waals surface area contributed by atoms with Crippen molar-refractivity contribution in [3.63, 3.8) is 0 Å². The summed E-state index contributed by atoms with van der Waals surface area (Å²) in [5.74, 6) is -2.07. The number of likely N-dealkylation sites (N-methyl/N-ethyl adjacent to an activating group) is 1. The first-order valence-electron chi connectivity index (χ1n) is 5.37. The standard InChI is InChI=1S/C12H16F2N2O/c1-8(2)16(3)11(17)7-15-10-6-4-5-9(13)12(10)14/h4-6,8,15H,7H2,1-3H3. The van der Waals surface area contributed by atoms with Crippen molar-refractivity contribution in [1.29, 1.82) is 0 Å². The van der Waals surface area contributed by atoms with Crippen LogP contribution >= 0.6 is 0 Å². The number of hydrogen-bond donors (Lipinski definition) is 1. The van der Waals surface area contributed by atoms with Crippen LogP contribution in [-0.4, -0.2) is 30.4 Å². The third-order valence-corrected chi connectivity index (χ3v) is 2.55. The summed E-state index contributed by atoms with van der Waals surface area (Å²) in [6.45, 7) is 3.69. The van der Waals surface area contributed by atoms with Crippen LogP contribution in [0.4, 0.5) is 14.5 Å². The van der Waals surface area contributed by atoms with Gasteiger partial charge in [0.2, 0.25) is 5.91 Å². The maximum absolute atomic E-state index is 13.2. The zero-order chi connectivity index (χ0) is 13.0. The first kappa shape index (κ1) is 13.4. The Morgan fingerprint density at radius 2 is 2.06 bits per heavy atom. The van der Waals surface area contributed by atoms with Gasteiger partial charge in [0.25, 0.3) is 0 Å². The third kappa shape index (κ3) is 3.41. The normalized spacial score (nSPS) is 10.5. The molecule has 0 aliphatic rings. The molecule has 1 aromatic rings. The highest BCUT2D eigenvalue weighted by Crippen LogP contribution is 2.16. The molecule has 17 heavy (non-hydrogen) atoms. The highest BCUT2D eigenvalue weighted by atomic mass is 19.2. The highest BCUT2D eigenvalue weighted by molar-refractivity contribution is 5.80. The number of halogens is 2. The summed E-state index contributed by atoms with van der Waals surface area (Å²) < 4.78 is 26.1. The molecule has 1 N–H and O–H groups in total. The first-order valence-corrected chi connectivity index (χ1v) is 5.37. The summed E-state index contributed by atoms with van der Waals surface area (Å²) in [6, 6.07) is 3.88. The van der Waals surface area contributed by atoms with Crippen molar-refractivity contribution in [3.05, 3.63) is 29.8 Å². The minimum Gasteiger partial charge on any atom is -0.374 e. The summed E-state index contributed by atoms with van der Waals surface area (Å²) in [4.78, 5) is 13.1. The number of amides is 1. The lowest BCUT2D eigenvalue weighted by Crippen LogP contribution is -2.37. The first-order chi connectivity index (χ1) is 7.93. The van der Waals surface area contributed by atoms with Gasteiger partial charge in [-0.1, -0.05) is 6.07 Å². The molecule has 0 saturated heterocycles. The van der Waals surface area contributed by atoms with Gasteiger partial charge in [0, 0.05) is 13.1 Å². The van der Waals surface area contributed by atoms with Crippen molar-refractivity contribution < 1.29 is 13.6 Å². The van der Waals surface area contributed by atoms with Crippen LogP contribution in [0, 0.1) is 11.6 Å². The fourth-order valence-corrected chi connectivity index (χ4v) is 1.22. The Hall–Kier alpha value is -1.65. The second kappa shape index (κ2) is 5.61. The minimum atomic E-state index is -0.965. The molecular formula is C12H16F2N2O. The van der Waals surface area contributed by atoms with E-state index in [0.717, 1.165) is 6.07 Å². The average Bonchev–Trinajstić information content (AvgIpc) is 2.29. The third-order valence-electron chi connectivity index (χ3n) is 2.55. The average molecular weight is 242 g/mol. The van der Waals surface area contributed by atoms with Crippen molar-refractivity contribution in [2.75, 3.05) is 18.9 Å². The van der Waals surface area contributed by atoms with E-state index >= 15 is 0 Å². The maximum atomic E-state index is 13.2. The smallest absolute Gasteiger partial charge is 0.241 e.